The van der Waals surface area contributed by atoms with E-state index in [0.717, 1.165) is 12.5 Å². The van der Waals surface area contributed by atoms with Crippen LogP contribution in [0.5, 0.6) is 0 Å². The minimum absolute atomic E-state index is 0.738. The van der Waals surface area contributed by atoms with Gasteiger partial charge in [0.15, 0.2) is 0 Å². The van der Waals surface area contributed by atoms with E-state index in [-0.39, 0.29) is 0 Å². The fourth-order valence-electron chi connectivity index (χ4n) is 2.23. The predicted molar refractivity (Wildman–Crippen MR) is 70.0 cm³/mol. The monoisotopic (exact) mass is 229 g/mol. The molecular weight excluding hydrogens is 214 g/mol. The van der Waals surface area contributed by atoms with E-state index >= 15 is 0 Å². The van der Waals surface area contributed by atoms with E-state index in [2.05, 4.69) is 47.8 Å². The first-order valence-electron chi connectivity index (χ1n) is 5.79. The zero-order chi connectivity index (χ0) is 10.8. The number of hydrogen-bond donors (Lipinski definition) is 1. The second-order valence-corrected chi connectivity index (χ2v) is 5.37. The molecule has 1 aromatic carbocycles. The van der Waals surface area contributed by atoms with E-state index in [9.17, 15) is 0 Å². The van der Waals surface area contributed by atoms with Gasteiger partial charge < -0.3 is 5.32 Å². The molecule has 82 valence electrons. The highest BCUT2D eigenvalue weighted by atomic mass is 32.1. The summed E-state index contributed by atoms with van der Waals surface area (Å²) in [5.41, 5.74) is 1.34. The molecule has 2 heteroatoms. The molecule has 0 aliphatic carbocycles. The molecule has 1 aliphatic rings. The van der Waals surface area contributed by atoms with Gasteiger partial charge in [0.05, 0.1) is 0 Å². The van der Waals surface area contributed by atoms with Crippen molar-refractivity contribution in [1.82, 2.24) is 5.32 Å². The van der Waals surface area contributed by atoms with E-state index in [1.807, 2.05) is 11.3 Å². The van der Waals surface area contributed by atoms with E-state index < -0.39 is 0 Å². The molecule has 1 nitrogen and oxygen atoms in total. The summed E-state index contributed by atoms with van der Waals surface area (Å²) >= 11 is 1.94. The van der Waals surface area contributed by atoms with Gasteiger partial charge in [-0.3, -0.25) is 0 Å². The Balaban J connectivity index is 1.87. The van der Waals surface area contributed by atoms with Gasteiger partial charge in [-0.1, -0.05) is 30.3 Å². The summed E-state index contributed by atoms with van der Waals surface area (Å²) in [6.45, 7) is 2.32. The van der Waals surface area contributed by atoms with Crippen LogP contribution in [0.1, 0.15) is 17.2 Å². The zero-order valence-corrected chi connectivity index (χ0v) is 9.96. The average Bonchev–Trinajstić information content (AvgIpc) is 3.01. The van der Waals surface area contributed by atoms with Crippen LogP contribution in [0.3, 0.4) is 0 Å². The zero-order valence-electron chi connectivity index (χ0n) is 9.15. The quantitative estimate of drug-likeness (QED) is 0.831. The second kappa shape index (κ2) is 4.40. The third kappa shape index (κ3) is 1.91. The molecule has 1 unspecified atom stereocenters. The summed E-state index contributed by atoms with van der Waals surface area (Å²) < 4.78 is 0. The second-order valence-electron chi connectivity index (χ2n) is 4.26. The lowest BCUT2D eigenvalue weighted by molar-refractivity contribution is 0.779. The normalized spacial score (nSPS) is 20.1. The van der Waals surface area contributed by atoms with Gasteiger partial charge in [0.25, 0.3) is 0 Å². The predicted octanol–water partition coefficient (Wildman–Crippen LogP) is 3.49. The fraction of sp³-hybridized carbons (Fsp3) is 0.286. The third-order valence-electron chi connectivity index (χ3n) is 3.15. The molecule has 0 saturated carbocycles. The molecule has 2 aromatic rings. The van der Waals surface area contributed by atoms with Gasteiger partial charge in [-0.2, -0.15) is 0 Å². The van der Waals surface area contributed by atoms with Crippen molar-refractivity contribution in [2.24, 2.45) is 0 Å². The molecular formula is C14H15NS. The van der Waals surface area contributed by atoms with Gasteiger partial charge in [-0.25, -0.2) is 0 Å². The number of rotatable bonds is 2. The van der Waals surface area contributed by atoms with Crippen LogP contribution in [0, 0.1) is 0 Å². The highest BCUT2D eigenvalue weighted by Gasteiger charge is 2.18. The summed E-state index contributed by atoms with van der Waals surface area (Å²) in [6.07, 6.45) is 1.29. The molecule has 1 fully saturated rings. The Bertz CT molecular complexity index is 455. The molecule has 0 bridgehead atoms. The maximum atomic E-state index is 3.43. The largest absolute Gasteiger partial charge is 0.316 e. The first-order valence-corrected chi connectivity index (χ1v) is 6.61. The maximum Gasteiger partial charge on any atom is 0.0345 e. The molecule has 1 saturated heterocycles. The van der Waals surface area contributed by atoms with Gasteiger partial charge in [-0.15, -0.1) is 11.3 Å². The number of hydrogen-bond acceptors (Lipinski definition) is 2. The van der Waals surface area contributed by atoms with Gasteiger partial charge in [0.2, 0.25) is 0 Å². The Morgan fingerprint density at radius 2 is 1.94 bits per heavy atom. The smallest absolute Gasteiger partial charge is 0.0345 e. The van der Waals surface area contributed by atoms with Gasteiger partial charge in [-0.05, 0) is 30.7 Å². The average molecular weight is 229 g/mol. The van der Waals surface area contributed by atoms with E-state index in [1.54, 1.807) is 0 Å². The highest BCUT2D eigenvalue weighted by molar-refractivity contribution is 7.15. The lowest BCUT2D eigenvalue weighted by Gasteiger charge is -2.03. The number of nitrogens with one attached hydrogen (secondary N) is 1. The number of thiophene rings is 1. The summed E-state index contributed by atoms with van der Waals surface area (Å²) in [5.74, 6) is 0.738. The Labute approximate surface area is 100 Å². The first kappa shape index (κ1) is 10.1. The van der Waals surface area contributed by atoms with Crippen molar-refractivity contribution in [1.29, 1.82) is 0 Å². The van der Waals surface area contributed by atoms with Crippen molar-refractivity contribution in [3.63, 3.8) is 0 Å². The minimum atomic E-state index is 0.738. The van der Waals surface area contributed by atoms with Gasteiger partial charge in [0, 0.05) is 22.2 Å². The molecule has 0 amide bonds. The molecule has 1 N–H and O–H groups in total. The SMILES string of the molecule is c1ccc(-c2ccc(C3CCNC3)s2)cc1. The van der Waals surface area contributed by atoms with E-state index in [1.165, 1.54) is 28.3 Å². The van der Waals surface area contributed by atoms with Gasteiger partial charge in [0.1, 0.15) is 0 Å². The minimum Gasteiger partial charge on any atom is -0.316 e. The van der Waals surface area contributed by atoms with Crippen LogP contribution in [0.25, 0.3) is 10.4 Å². The standard InChI is InChI=1S/C14H15NS/c1-2-4-11(5-3-1)13-6-7-14(16-13)12-8-9-15-10-12/h1-7,12,15H,8-10H2. The molecule has 3 rings (SSSR count). The van der Waals surface area contributed by atoms with Crippen LogP contribution in [0.15, 0.2) is 42.5 Å². The van der Waals surface area contributed by atoms with E-state index in [0.29, 0.717) is 0 Å². The Morgan fingerprint density at radius 1 is 1.06 bits per heavy atom. The van der Waals surface area contributed by atoms with Crippen LogP contribution in [0.2, 0.25) is 0 Å². The van der Waals surface area contributed by atoms with Gasteiger partial charge >= 0.3 is 0 Å². The molecule has 0 radical (unpaired) electrons. The van der Waals surface area contributed by atoms with Crippen LogP contribution in [-0.4, -0.2) is 13.1 Å². The molecule has 0 spiro atoms. The highest BCUT2D eigenvalue weighted by Crippen LogP contribution is 2.34. The molecule has 1 aliphatic heterocycles. The van der Waals surface area contributed by atoms with Crippen molar-refractivity contribution in [2.45, 2.75) is 12.3 Å². The van der Waals surface area contributed by atoms with Crippen molar-refractivity contribution >= 4 is 11.3 Å². The maximum absolute atomic E-state index is 3.43. The number of benzene rings is 1. The van der Waals surface area contributed by atoms with Crippen molar-refractivity contribution in [2.75, 3.05) is 13.1 Å². The molecule has 1 aromatic heterocycles. The Morgan fingerprint density at radius 3 is 2.69 bits per heavy atom. The van der Waals surface area contributed by atoms with Crippen LogP contribution in [-0.2, 0) is 0 Å². The summed E-state index contributed by atoms with van der Waals surface area (Å²) in [6, 6.07) is 15.2. The van der Waals surface area contributed by atoms with Crippen molar-refractivity contribution in [3.05, 3.63) is 47.3 Å². The van der Waals surface area contributed by atoms with Crippen molar-refractivity contribution in [3.8, 4) is 10.4 Å². The van der Waals surface area contributed by atoms with Crippen LogP contribution < -0.4 is 5.32 Å². The van der Waals surface area contributed by atoms with Crippen LogP contribution in [0.4, 0.5) is 0 Å². The fourth-order valence-corrected chi connectivity index (χ4v) is 3.38. The van der Waals surface area contributed by atoms with Crippen molar-refractivity contribution < 1.29 is 0 Å². The lowest BCUT2D eigenvalue weighted by Crippen LogP contribution is -2.07. The summed E-state index contributed by atoms with van der Waals surface area (Å²) in [7, 11) is 0. The Hall–Kier alpha value is -1.12. The molecule has 2 heterocycles. The summed E-state index contributed by atoms with van der Waals surface area (Å²) in [5, 5.41) is 3.43. The Kier molecular flexibility index (Phi) is 2.77. The molecule has 1 atom stereocenters. The summed E-state index contributed by atoms with van der Waals surface area (Å²) in [4.78, 5) is 2.92. The lowest BCUT2D eigenvalue weighted by atomic mass is 10.1. The van der Waals surface area contributed by atoms with E-state index in [4.69, 9.17) is 0 Å². The third-order valence-corrected chi connectivity index (χ3v) is 4.44. The topological polar surface area (TPSA) is 12.0 Å². The first-order chi connectivity index (χ1) is 7.93. The molecule has 16 heavy (non-hydrogen) atoms. The van der Waals surface area contributed by atoms with Crippen LogP contribution >= 0.6 is 11.3 Å².